The maximum atomic E-state index is 5.65. The van der Waals surface area contributed by atoms with E-state index in [2.05, 4.69) is 20.8 Å². The Morgan fingerprint density at radius 1 is 1.47 bits per heavy atom. The molecule has 1 heterocycles. The average Bonchev–Trinajstić information content (AvgIpc) is 2.70. The predicted octanol–water partition coefficient (Wildman–Crippen LogP) is 0.171. The second-order valence-electron chi connectivity index (χ2n) is 3.41. The zero-order valence-electron chi connectivity index (χ0n) is 8.74. The molecule has 0 saturated heterocycles. The Kier molecular flexibility index (Phi) is 5.24. The molecule has 0 spiro atoms. The van der Waals surface area contributed by atoms with Crippen LogP contribution in [0.4, 0.5) is 0 Å². The highest BCUT2D eigenvalue weighted by atomic mass is 15.3. The van der Waals surface area contributed by atoms with E-state index in [0.717, 1.165) is 43.5 Å². The standard InChI is InChI=1S/C9H18N6/c10-8(6-12-11)4-2-1-3-5-9-7-13-15-14-9/h6-7,12H,1-5,10-11H2,(H,13,14,15)/b8-6-. The fourth-order valence-electron chi connectivity index (χ4n) is 1.34. The number of hydrazine groups is 1. The molecule has 84 valence electrons. The summed E-state index contributed by atoms with van der Waals surface area (Å²) in [5.41, 5.74) is 9.88. The number of aromatic nitrogens is 3. The minimum absolute atomic E-state index is 0.791. The van der Waals surface area contributed by atoms with Crippen molar-refractivity contribution >= 4 is 0 Å². The Balaban J connectivity index is 2.00. The SMILES string of the molecule is NN/C=C(\N)CCCCCc1cn[nH]n1. The molecule has 0 radical (unpaired) electrons. The Morgan fingerprint density at radius 3 is 3.00 bits per heavy atom. The van der Waals surface area contributed by atoms with Crippen LogP contribution in [0.2, 0.25) is 0 Å². The fraction of sp³-hybridized carbons (Fsp3) is 0.556. The van der Waals surface area contributed by atoms with Gasteiger partial charge in [0, 0.05) is 11.9 Å². The lowest BCUT2D eigenvalue weighted by atomic mass is 10.1. The third kappa shape index (κ3) is 5.02. The van der Waals surface area contributed by atoms with Gasteiger partial charge in [-0.2, -0.15) is 15.4 Å². The van der Waals surface area contributed by atoms with E-state index >= 15 is 0 Å². The summed E-state index contributed by atoms with van der Waals surface area (Å²) in [6, 6.07) is 0. The fourth-order valence-corrected chi connectivity index (χ4v) is 1.34. The zero-order valence-corrected chi connectivity index (χ0v) is 8.74. The van der Waals surface area contributed by atoms with Crippen LogP contribution in [0, 0.1) is 0 Å². The second-order valence-corrected chi connectivity index (χ2v) is 3.41. The normalized spacial score (nSPS) is 11.7. The van der Waals surface area contributed by atoms with Crippen molar-refractivity contribution in [3.8, 4) is 0 Å². The lowest BCUT2D eigenvalue weighted by Crippen LogP contribution is -2.16. The van der Waals surface area contributed by atoms with Crippen LogP contribution in [-0.2, 0) is 6.42 Å². The first-order valence-corrected chi connectivity index (χ1v) is 5.08. The molecule has 1 aromatic heterocycles. The molecule has 1 rings (SSSR count). The largest absolute Gasteiger partial charge is 0.401 e. The van der Waals surface area contributed by atoms with Gasteiger partial charge in [-0.25, -0.2) is 0 Å². The van der Waals surface area contributed by atoms with Crippen molar-refractivity contribution in [3.05, 3.63) is 23.8 Å². The predicted molar refractivity (Wildman–Crippen MR) is 58.1 cm³/mol. The van der Waals surface area contributed by atoms with E-state index in [1.807, 2.05) is 0 Å². The highest BCUT2D eigenvalue weighted by Gasteiger charge is 1.96. The molecule has 0 bridgehead atoms. The molecular formula is C9H18N6. The lowest BCUT2D eigenvalue weighted by Gasteiger charge is -2.01. The van der Waals surface area contributed by atoms with Gasteiger partial charge in [0.15, 0.2) is 0 Å². The van der Waals surface area contributed by atoms with Gasteiger partial charge in [-0.05, 0) is 25.7 Å². The number of unbranched alkanes of at least 4 members (excludes halogenated alkanes) is 2. The van der Waals surface area contributed by atoms with Crippen molar-refractivity contribution in [3.63, 3.8) is 0 Å². The molecule has 6 heteroatoms. The molecule has 0 unspecified atom stereocenters. The highest BCUT2D eigenvalue weighted by molar-refractivity contribution is 4.93. The molecule has 0 saturated carbocycles. The van der Waals surface area contributed by atoms with Gasteiger partial charge >= 0.3 is 0 Å². The maximum absolute atomic E-state index is 5.65. The number of hydrogen-bond donors (Lipinski definition) is 4. The van der Waals surface area contributed by atoms with Crippen LogP contribution >= 0.6 is 0 Å². The summed E-state index contributed by atoms with van der Waals surface area (Å²) in [5, 5.41) is 10.3. The van der Waals surface area contributed by atoms with Crippen LogP contribution < -0.4 is 17.0 Å². The van der Waals surface area contributed by atoms with Gasteiger partial charge in [0.2, 0.25) is 0 Å². The van der Waals surface area contributed by atoms with E-state index in [9.17, 15) is 0 Å². The molecule has 6 N–H and O–H groups in total. The van der Waals surface area contributed by atoms with Gasteiger partial charge in [-0.15, -0.1) is 0 Å². The van der Waals surface area contributed by atoms with Crippen LogP contribution in [0.25, 0.3) is 0 Å². The summed E-state index contributed by atoms with van der Waals surface area (Å²) in [5.74, 6) is 5.10. The van der Waals surface area contributed by atoms with Crippen molar-refractivity contribution < 1.29 is 0 Å². The number of allylic oxidation sites excluding steroid dienone is 1. The molecule has 0 aliphatic carbocycles. The Morgan fingerprint density at radius 2 is 2.33 bits per heavy atom. The summed E-state index contributed by atoms with van der Waals surface area (Å²) in [6.07, 6.45) is 8.53. The topological polar surface area (TPSA) is 106 Å². The minimum Gasteiger partial charge on any atom is -0.401 e. The third-order valence-electron chi connectivity index (χ3n) is 2.13. The van der Waals surface area contributed by atoms with Gasteiger partial charge in [-0.3, -0.25) is 5.84 Å². The molecule has 0 atom stereocenters. The van der Waals surface area contributed by atoms with E-state index in [0.29, 0.717) is 0 Å². The van der Waals surface area contributed by atoms with Crippen molar-refractivity contribution in [1.29, 1.82) is 0 Å². The Bertz CT molecular complexity index is 279. The lowest BCUT2D eigenvalue weighted by molar-refractivity contribution is 0.663. The van der Waals surface area contributed by atoms with Gasteiger partial charge in [0.05, 0.1) is 11.9 Å². The van der Waals surface area contributed by atoms with Crippen molar-refractivity contribution in [2.45, 2.75) is 32.1 Å². The average molecular weight is 210 g/mol. The highest BCUT2D eigenvalue weighted by Crippen LogP contribution is 2.06. The van der Waals surface area contributed by atoms with E-state index in [1.165, 1.54) is 0 Å². The van der Waals surface area contributed by atoms with Crippen molar-refractivity contribution in [2.75, 3.05) is 0 Å². The molecular weight excluding hydrogens is 192 g/mol. The summed E-state index contributed by atoms with van der Waals surface area (Å²) < 4.78 is 0. The van der Waals surface area contributed by atoms with Gasteiger partial charge in [-0.1, -0.05) is 6.42 Å². The molecule has 1 aromatic rings. The van der Waals surface area contributed by atoms with Crippen LogP contribution in [0.1, 0.15) is 31.4 Å². The van der Waals surface area contributed by atoms with Gasteiger partial charge in [0.1, 0.15) is 0 Å². The first-order valence-electron chi connectivity index (χ1n) is 5.08. The molecule has 6 nitrogen and oxygen atoms in total. The van der Waals surface area contributed by atoms with Crippen molar-refractivity contribution in [2.24, 2.45) is 11.6 Å². The van der Waals surface area contributed by atoms with E-state index in [1.54, 1.807) is 12.4 Å². The first-order chi connectivity index (χ1) is 7.33. The number of nitrogens with one attached hydrogen (secondary N) is 2. The second kappa shape index (κ2) is 6.83. The number of aromatic amines is 1. The monoisotopic (exact) mass is 210 g/mol. The van der Waals surface area contributed by atoms with E-state index in [-0.39, 0.29) is 0 Å². The first kappa shape index (κ1) is 11.5. The molecule has 0 aliphatic heterocycles. The number of aryl methyl sites for hydroxylation is 1. The molecule has 0 aromatic carbocycles. The number of hydrogen-bond acceptors (Lipinski definition) is 5. The summed E-state index contributed by atoms with van der Waals surface area (Å²) in [4.78, 5) is 0. The van der Waals surface area contributed by atoms with E-state index < -0.39 is 0 Å². The molecule has 0 fully saturated rings. The molecule has 15 heavy (non-hydrogen) atoms. The smallest absolute Gasteiger partial charge is 0.0824 e. The number of H-pyrrole nitrogens is 1. The zero-order chi connectivity index (χ0) is 10.9. The van der Waals surface area contributed by atoms with Crippen LogP contribution in [0.15, 0.2) is 18.1 Å². The minimum atomic E-state index is 0.791. The third-order valence-corrected chi connectivity index (χ3v) is 2.13. The van der Waals surface area contributed by atoms with Crippen LogP contribution in [-0.4, -0.2) is 15.4 Å². The Labute approximate surface area is 89.1 Å². The Hall–Kier alpha value is -1.56. The number of nitrogens with two attached hydrogens (primary N) is 2. The van der Waals surface area contributed by atoms with Gasteiger partial charge < -0.3 is 11.2 Å². The summed E-state index contributed by atoms with van der Waals surface area (Å²) in [6.45, 7) is 0. The summed E-state index contributed by atoms with van der Waals surface area (Å²) >= 11 is 0. The quantitative estimate of drug-likeness (QED) is 0.292. The van der Waals surface area contributed by atoms with Crippen LogP contribution in [0.5, 0.6) is 0 Å². The maximum Gasteiger partial charge on any atom is 0.0824 e. The van der Waals surface area contributed by atoms with Crippen molar-refractivity contribution in [1.82, 2.24) is 20.8 Å². The number of rotatable bonds is 7. The number of nitrogens with zero attached hydrogens (tertiary/aromatic N) is 2. The summed E-state index contributed by atoms with van der Waals surface area (Å²) in [7, 11) is 0. The molecule has 0 amide bonds. The van der Waals surface area contributed by atoms with E-state index in [4.69, 9.17) is 11.6 Å². The molecule has 0 aliphatic rings. The van der Waals surface area contributed by atoms with Gasteiger partial charge in [0.25, 0.3) is 0 Å². The van der Waals surface area contributed by atoms with Crippen LogP contribution in [0.3, 0.4) is 0 Å².